The second kappa shape index (κ2) is 6.75. The number of rotatable bonds is 5. The van der Waals surface area contributed by atoms with Gasteiger partial charge in [-0.15, -0.1) is 0 Å². The fraction of sp³-hybridized carbons (Fsp3) is 0.333. The van der Waals surface area contributed by atoms with E-state index in [4.69, 9.17) is 4.52 Å². The highest BCUT2D eigenvalue weighted by molar-refractivity contribution is 7.07. The zero-order chi connectivity index (χ0) is 16.4. The summed E-state index contributed by atoms with van der Waals surface area (Å²) in [6.45, 7) is 3.78. The second-order valence-electron chi connectivity index (χ2n) is 6.26. The fourth-order valence-corrected chi connectivity index (χ4v) is 3.89. The van der Waals surface area contributed by atoms with Gasteiger partial charge in [0.1, 0.15) is 5.52 Å². The van der Waals surface area contributed by atoms with Gasteiger partial charge in [-0.1, -0.05) is 17.3 Å². The number of carbonyl (C=O) groups is 1. The summed E-state index contributed by atoms with van der Waals surface area (Å²) in [5.74, 6) is 0.612. The van der Waals surface area contributed by atoms with Crippen LogP contribution >= 0.6 is 11.3 Å². The van der Waals surface area contributed by atoms with E-state index in [1.54, 1.807) is 11.3 Å². The van der Waals surface area contributed by atoms with E-state index in [-0.39, 0.29) is 5.91 Å². The maximum absolute atomic E-state index is 12.4. The molecule has 1 aromatic carbocycles. The molecule has 1 N–H and O–H groups in total. The number of nitrogens with zero attached hydrogens (tertiary/aromatic N) is 2. The van der Waals surface area contributed by atoms with Crippen LogP contribution in [0.1, 0.15) is 22.5 Å². The van der Waals surface area contributed by atoms with E-state index in [1.165, 1.54) is 5.56 Å². The molecule has 0 saturated carbocycles. The van der Waals surface area contributed by atoms with Gasteiger partial charge in [-0.25, -0.2) is 0 Å². The molecule has 1 aliphatic heterocycles. The normalized spacial score (nSPS) is 18.2. The van der Waals surface area contributed by atoms with Gasteiger partial charge in [-0.05, 0) is 53.4 Å². The summed E-state index contributed by atoms with van der Waals surface area (Å²) in [5.41, 5.74) is 2.09. The predicted molar refractivity (Wildman–Crippen MR) is 94.0 cm³/mol. The Morgan fingerprint density at radius 1 is 1.38 bits per heavy atom. The zero-order valence-electron chi connectivity index (χ0n) is 13.3. The smallest absolute Gasteiger partial charge is 0.290 e. The Morgan fingerprint density at radius 2 is 2.29 bits per heavy atom. The molecule has 3 aromatic rings. The van der Waals surface area contributed by atoms with Gasteiger partial charge in [-0.3, -0.25) is 9.69 Å². The molecule has 124 valence electrons. The molecule has 1 atom stereocenters. The monoisotopic (exact) mass is 341 g/mol. The minimum Gasteiger partial charge on any atom is -0.350 e. The first-order valence-corrected chi connectivity index (χ1v) is 9.10. The minimum absolute atomic E-state index is 0.181. The van der Waals surface area contributed by atoms with Crippen molar-refractivity contribution < 1.29 is 9.32 Å². The quantitative estimate of drug-likeness (QED) is 0.774. The van der Waals surface area contributed by atoms with Crippen molar-refractivity contribution in [3.8, 4) is 0 Å². The van der Waals surface area contributed by atoms with E-state index >= 15 is 0 Å². The van der Waals surface area contributed by atoms with E-state index in [2.05, 4.69) is 32.2 Å². The Balaban J connectivity index is 1.31. The van der Waals surface area contributed by atoms with Crippen LogP contribution in [0.4, 0.5) is 0 Å². The van der Waals surface area contributed by atoms with Crippen molar-refractivity contribution in [1.82, 2.24) is 15.4 Å². The van der Waals surface area contributed by atoms with E-state index in [0.717, 1.165) is 31.4 Å². The Bertz CT molecular complexity index is 828. The molecule has 0 unspecified atom stereocenters. The second-order valence-corrected chi connectivity index (χ2v) is 7.04. The molecule has 2 aromatic heterocycles. The van der Waals surface area contributed by atoms with E-state index in [0.29, 0.717) is 23.7 Å². The molecule has 1 amide bonds. The number of carbonyl (C=O) groups excluding carboxylic acids is 1. The number of hydrogen-bond donors (Lipinski definition) is 1. The lowest BCUT2D eigenvalue weighted by Gasteiger charge is -2.15. The Morgan fingerprint density at radius 3 is 3.17 bits per heavy atom. The van der Waals surface area contributed by atoms with Gasteiger partial charge in [-0.2, -0.15) is 11.3 Å². The number of benzene rings is 1. The van der Waals surface area contributed by atoms with Gasteiger partial charge < -0.3 is 9.84 Å². The molecule has 0 bridgehead atoms. The van der Waals surface area contributed by atoms with Gasteiger partial charge in [0.15, 0.2) is 0 Å². The number of amides is 1. The highest BCUT2D eigenvalue weighted by Crippen LogP contribution is 2.20. The van der Waals surface area contributed by atoms with Crippen LogP contribution in [0.15, 0.2) is 45.6 Å². The maximum Gasteiger partial charge on any atom is 0.290 e. The van der Waals surface area contributed by atoms with Gasteiger partial charge in [0.05, 0.1) is 5.39 Å². The highest BCUT2D eigenvalue weighted by Gasteiger charge is 2.24. The maximum atomic E-state index is 12.4. The number of thiophene rings is 1. The summed E-state index contributed by atoms with van der Waals surface area (Å²) >= 11 is 1.74. The molecule has 5 nitrogen and oxygen atoms in total. The average molecular weight is 341 g/mol. The zero-order valence-corrected chi connectivity index (χ0v) is 14.1. The van der Waals surface area contributed by atoms with Crippen LogP contribution in [-0.2, 0) is 6.54 Å². The first-order valence-electron chi connectivity index (χ1n) is 8.15. The summed E-state index contributed by atoms with van der Waals surface area (Å²) in [6.07, 6.45) is 1.11. The van der Waals surface area contributed by atoms with Crippen molar-refractivity contribution in [2.45, 2.75) is 13.0 Å². The molecule has 0 aliphatic carbocycles. The SMILES string of the molecule is O=C(NC[C@H]1CCN(Cc2ccsc2)C1)c1onc2ccccc12. The summed E-state index contributed by atoms with van der Waals surface area (Å²) in [7, 11) is 0. The van der Waals surface area contributed by atoms with Gasteiger partial charge in [0.25, 0.3) is 5.91 Å². The summed E-state index contributed by atoms with van der Waals surface area (Å²) in [6, 6.07) is 9.64. The van der Waals surface area contributed by atoms with Crippen molar-refractivity contribution in [3.63, 3.8) is 0 Å². The molecule has 0 radical (unpaired) electrons. The van der Waals surface area contributed by atoms with Crippen molar-refractivity contribution in [2.24, 2.45) is 5.92 Å². The third-order valence-electron chi connectivity index (χ3n) is 4.50. The lowest BCUT2D eigenvalue weighted by molar-refractivity contribution is 0.0913. The van der Waals surface area contributed by atoms with Gasteiger partial charge in [0.2, 0.25) is 5.76 Å². The van der Waals surface area contributed by atoms with E-state index in [1.807, 2.05) is 24.3 Å². The summed E-state index contributed by atoms with van der Waals surface area (Å²) in [4.78, 5) is 14.8. The van der Waals surface area contributed by atoms with Crippen LogP contribution in [0.5, 0.6) is 0 Å². The summed E-state index contributed by atoms with van der Waals surface area (Å²) in [5, 5.41) is 12.0. The standard InChI is InChI=1S/C18H19N3O2S/c22-18(17-15-3-1-2-4-16(15)20-23-17)19-9-13-5-7-21(10-13)11-14-6-8-24-12-14/h1-4,6,8,12-13H,5,7,9-11H2,(H,19,22)/t13-/m1/s1. The molecule has 24 heavy (non-hydrogen) atoms. The first kappa shape index (κ1) is 15.4. The van der Waals surface area contributed by atoms with Crippen molar-refractivity contribution >= 4 is 28.1 Å². The highest BCUT2D eigenvalue weighted by atomic mass is 32.1. The van der Waals surface area contributed by atoms with Crippen LogP contribution in [0.2, 0.25) is 0 Å². The van der Waals surface area contributed by atoms with Crippen LogP contribution in [0, 0.1) is 5.92 Å². The fourth-order valence-electron chi connectivity index (χ4n) is 3.23. The molecular formula is C18H19N3O2S. The third-order valence-corrected chi connectivity index (χ3v) is 5.23. The number of hydrogen-bond acceptors (Lipinski definition) is 5. The van der Waals surface area contributed by atoms with Gasteiger partial charge >= 0.3 is 0 Å². The predicted octanol–water partition coefficient (Wildman–Crippen LogP) is 3.14. The van der Waals surface area contributed by atoms with Crippen LogP contribution in [0.25, 0.3) is 10.9 Å². The van der Waals surface area contributed by atoms with Crippen molar-refractivity contribution in [1.29, 1.82) is 0 Å². The largest absolute Gasteiger partial charge is 0.350 e. The number of fused-ring (bicyclic) bond motifs is 1. The Kier molecular flexibility index (Phi) is 4.32. The summed E-state index contributed by atoms with van der Waals surface area (Å²) < 4.78 is 5.21. The average Bonchev–Trinajstić information content (AvgIpc) is 3.34. The van der Waals surface area contributed by atoms with Crippen LogP contribution in [0.3, 0.4) is 0 Å². The molecule has 4 rings (SSSR count). The third kappa shape index (κ3) is 3.20. The molecular weight excluding hydrogens is 322 g/mol. The molecule has 1 aliphatic rings. The van der Waals surface area contributed by atoms with Crippen molar-refractivity contribution in [3.05, 3.63) is 52.4 Å². The van der Waals surface area contributed by atoms with Crippen LogP contribution < -0.4 is 5.32 Å². The van der Waals surface area contributed by atoms with E-state index in [9.17, 15) is 4.79 Å². The minimum atomic E-state index is -0.181. The topological polar surface area (TPSA) is 58.4 Å². The van der Waals surface area contributed by atoms with Crippen LogP contribution in [-0.4, -0.2) is 35.6 Å². The number of nitrogens with one attached hydrogen (secondary N) is 1. The number of aromatic nitrogens is 1. The Hall–Kier alpha value is -2.18. The molecule has 1 saturated heterocycles. The molecule has 6 heteroatoms. The Labute approximate surface area is 144 Å². The molecule has 3 heterocycles. The van der Waals surface area contributed by atoms with E-state index < -0.39 is 0 Å². The number of likely N-dealkylation sites (tertiary alicyclic amines) is 1. The molecule has 1 fully saturated rings. The van der Waals surface area contributed by atoms with Crippen molar-refractivity contribution in [2.75, 3.05) is 19.6 Å². The lowest BCUT2D eigenvalue weighted by atomic mass is 10.1. The molecule has 0 spiro atoms. The first-order chi connectivity index (χ1) is 11.8. The lowest BCUT2D eigenvalue weighted by Crippen LogP contribution is -2.30. The van der Waals surface area contributed by atoms with Gasteiger partial charge in [0, 0.05) is 19.6 Å².